The molecule has 0 aliphatic rings. The summed E-state index contributed by atoms with van der Waals surface area (Å²) in [6.07, 6.45) is 5.29. The maximum atomic E-state index is 11.5. The molecule has 0 amide bonds. The molecule has 1 aromatic rings. The highest BCUT2D eigenvalue weighted by molar-refractivity contribution is 5.78. The Hall–Kier alpha value is -1.11. The van der Waals surface area contributed by atoms with Crippen LogP contribution in [-0.4, -0.2) is 5.78 Å². The van der Waals surface area contributed by atoms with Crippen molar-refractivity contribution in [1.82, 2.24) is 0 Å². The summed E-state index contributed by atoms with van der Waals surface area (Å²) < 4.78 is 0. The van der Waals surface area contributed by atoms with Crippen molar-refractivity contribution in [2.24, 2.45) is 0 Å². The fourth-order valence-corrected chi connectivity index (χ4v) is 1.55. The molecule has 15 heavy (non-hydrogen) atoms. The van der Waals surface area contributed by atoms with Crippen molar-refractivity contribution in [1.29, 1.82) is 0 Å². The quantitative estimate of drug-likeness (QED) is 0.619. The summed E-state index contributed by atoms with van der Waals surface area (Å²) in [6.45, 7) is 3.76. The Kier molecular flexibility index (Phi) is 5.76. The van der Waals surface area contributed by atoms with Crippen molar-refractivity contribution in [3.8, 4) is 0 Å². The number of carbonyl (C=O) groups is 1. The molecule has 0 N–H and O–H groups in total. The Bertz CT molecular complexity index is 277. The molecule has 81 valence electrons. The third kappa shape index (κ3) is 5.36. The first kappa shape index (κ1) is 12.0. The van der Waals surface area contributed by atoms with Gasteiger partial charge in [-0.25, -0.2) is 0 Å². The fraction of sp³-hybridized carbons (Fsp3) is 0.429. The van der Waals surface area contributed by atoms with E-state index in [0.717, 1.165) is 32.1 Å². The first-order chi connectivity index (χ1) is 7.33. The zero-order valence-corrected chi connectivity index (χ0v) is 9.24. The number of aryl methyl sites for hydroxylation is 1. The number of Topliss-reactive ketones (excluding diaryl/α,β-unsaturated/α-hetero) is 1. The van der Waals surface area contributed by atoms with E-state index in [1.807, 2.05) is 18.2 Å². The Balaban J connectivity index is 2.17. The highest BCUT2D eigenvalue weighted by Crippen LogP contribution is 2.06. The Labute approximate surface area is 92.5 Å². The Morgan fingerprint density at radius 3 is 2.47 bits per heavy atom. The number of hydrogen-bond donors (Lipinski definition) is 0. The molecule has 0 saturated carbocycles. The van der Waals surface area contributed by atoms with E-state index >= 15 is 0 Å². The summed E-state index contributed by atoms with van der Waals surface area (Å²) in [7, 11) is 0. The van der Waals surface area contributed by atoms with Crippen LogP contribution in [0.4, 0.5) is 0 Å². The molecule has 1 rings (SSSR count). The van der Waals surface area contributed by atoms with Crippen molar-refractivity contribution < 1.29 is 4.79 Å². The predicted molar refractivity (Wildman–Crippen MR) is 63.6 cm³/mol. The van der Waals surface area contributed by atoms with Gasteiger partial charge < -0.3 is 0 Å². The normalized spacial score (nSPS) is 10.2. The maximum absolute atomic E-state index is 11.5. The van der Waals surface area contributed by atoms with Gasteiger partial charge in [-0.1, -0.05) is 50.1 Å². The molecular weight excluding hydrogens is 184 g/mol. The highest BCUT2D eigenvalue weighted by Gasteiger charge is 2.01. The van der Waals surface area contributed by atoms with E-state index in [4.69, 9.17) is 0 Å². The second-order valence-corrected chi connectivity index (χ2v) is 3.83. The largest absolute Gasteiger partial charge is 0.300 e. The average Bonchev–Trinajstić information content (AvgIpc) is 2.28. The van der Waals surface area contributed by atoms with Crippen molar-refractivity contribution in [3.05, 3.63) is 42.8 Å². The summed E-state index contributed by atoms with van der Waals surface area (Å²) >= 11 is 0. The van der Waals surface area contributed by atoms with Gasteiger partial charge in [-0.3, -0.25) is 4.79 Å². The second-order valence-electron chi connectivity index (χ2n) is 3.83. The van der Waals surface area contributed by atoms with Crippen LogP contribution in [0.5, 0.6) is 0 Å². The van der Waals surface area contributed by atoms with Crippen LogP contribution < -0.4 is 0 Å². The molecule has 1 aromatic carbocycles. The first-order valence-corrected chi connectivity index (χ1v) is 5.68. The summed E-state index contributed by atoms with van der Waals surface area (Å²) in [5, 5.41) is 0. The van der Waals surface area contributed by atoms with Gasteiger partial charge in [-0.05, 0) is 18.4 Å². The molecule has 1 heteroatoms. The van der Waals surface area contributed by atoms with Gasteiger partial charge in [0.15, 0.2) is 0 Å². The molecule has 0 spiro atoms. The lowest BCUT2D eigenvalue weighted by molar-refractivity contribution is -0.119. The molecule has 0 bridgehead atoms. The van der Waals surface area contributed by atoms with Gasteiger partial charge in [0.05, 0.1) is 0 Å². The molecule has 0 aliphatic heterocycles. The molecule has 0 atom stereocenters. The Morgan fingerprint density at radius 1 is 1.07 bits per heavy atom. The molecule has 0 aromatic heterocycles. The molecule has 1 nitrogen and oxygen atoms in total. The van der Waals surface area contributed by atoms with E-state index < -0.39 is 0 Å². The average molecular weight is 203 g/mol. The summed E-state index contributed by atoms with van der Waals surface area (Å²) in [6, 6.07) is 10.2. The minimum Gasteiger partial charge on any atom is -0.300 e. The van der Waals surface area contributed by atoms with Gasteiger partial charge in [0.2, 0.25) is 0 Å². The zero-order chi connectivity index (χ0) is 10.9. The van der Waals surface area contributed by atoms with Gasteiger partial charge in [-0.2, -0.15) is 0 Å². The number of benzene rings is 1. The first-order valence-electron chi connectivity index (χ1n) is 5.68. The van der Waals surface area contributed by atoms with E-state index in [9.17, 15) is 4.79 Å². The number of unbranched alkanes of at least 4 members (excludes halogenated alkanes) is 2. The zero-order valence-electron chi connectivity index (χ0n) is 9.24. The van der Waals surface area contributed by atoms with E-state index in [0.29, 0.717) is 12.2 Å². The van der Waals surface area contributed by atoms with Gasteiger partial charge in [-0.15, -0.1) is 0 Å². The number of carbonyl (C=O) groups excluding carboxylic acids is 1. The van der Waals surface area contributed by atoms with E-state index in [1.54, 1.807) is 0 Å². The lowest BCUT2D eigenvalue weighted by atomic mass is 10.0. The topological polar surface area (TPSA) is 17.1 Å². The van der Waals surface area contributed by atoms with Crippen LogP contribution in [0, 0.1) is 6.92 Å². The summed E-state index contributed by atoms with van der Waals surface area (Å²) in [5.74, 6) is 0.382. The van der Waals surface area contributed by atoms with E-state index in [1.165, 1.54) is 5.56 Å². The van der Waals surface area contributed by atoms with E-state index in [2.05, 4.69) is 19.1 Å². The SMILES string of the molecule is [CH2]CCCCC(=O)CCc1ccccc1. The van der Waals surface area contributed by atoms with Gasteiger partial charge in [0.25, 0.3) is 0 Å². The smallest absolute Gasteiger partial charge is 0.133 e. The van der Waals surface area contributed by atoms with Crippen LogP contribution >= 0.6 is 0 Å². The van der Waals surface area contributed by atoms with Crippen molar-refractivity contribution in [3.63, 3.8) is 0 Å². The van der Waals surface area contributed by atoms with Crippen LogP contribution in [-0.2, 0) is 11.2 Å². The van der Waals surface area contributed by atoms with Crippen molar-refractivity contribution in [2.75, 3.05) is 0 Å². The number of ketones is 1. The van der Waals surface area contributed by atoms with Gasteiger partial charge in [0, 0.05) is 12.8 Å². The Morgan fingerprint density at radius 2 is 1.80 bits per heavy atom. The third-order valence-electron chi connectivity index (χ3n) is 2.49. The minimum atomic E-state index is 0.382. The monoisotopic (exact) mass is 203 g/mol. The predicted octanol–water partition coefficient (Wildman–Crippen LogP) is 3.58. The third-order valence-corrected chi connectivity index (χ3v) is 2.49. The molecule has 0 unspecified atom stereocenters. The molecule has 0 saturated heterocycles. The fourth-order valence-electron chi connectivity index (χ4n) is 1.55. The molecule has 0 aliphatic carbocycles. The number of rotatable bonds is 7. The summed E-state index contributed by atoms with van der Waals surface area (Å²) in [5.41, 5.74) is 1.25. The molecule has 1 radical (unpaired) electrons. The number of hydrogen-bond acceptors (Lipinski definition) is 1. The van der Waals surface area contributed by atoms with E-state index in [-0.39, 0.29) is 0 Å². The van der Waals surface area contributed by atoms with Crippen molar-refractivity contribution >= 4 is 5.78 Å². The summed E-state index contributed by atoms with van der Waals surface area (Å²) in [4.78, 5) is 11.5. The molecule has 0 heterocycles. The molecule has 0 fully saturated rings. The van der Waals surface area contributed by atoms with Gasteiger partial charge in [0.1, 0.15) is 5.78 Å². The highest BCUT2D eigenvalue weighted by atomic mass is 16.1. The lowest BCUT2D eigenvalue weighted by Crippen LogP contribution is -1.99. The minimum absolute atomic E-state index is 0.382. The van der Waals surface area contributed by atoms with Gasteiger partial charge >= 0.3 is 0 Å². The maximum Gasteiger partial charge on any atom is 0.133 e. The standard InChI is InChI=1S/C14H19O/c1-2-3-5-10-14(15)12-11-13-8-6-4-7-9-13/h4,6-9H,1-3,5,10-12H2. The van der Waals surface area contributed by atoms with Crippen LogP contribution in [0.1, 0.15) is 37.7 Å². The lowest BCUT2D eigenvalue weighted by Gasteiger charge is -2.01. The van der Waals surface area contributed by atoms with Crippen molar-refractivity contribution in [2.45, 2.75) is 38.5 Å². The van der Waals surface area contributed by atoms with Crippen LogP contribution in [0.15, 0.2) is 30.3 Å². The van der Waals surface area contributed by atoms with Crippen LogP contribution in [0.2, 0.25) is 0 Å². The molecular formula is C14H19O. The van der Waals surface area contributed by atoms with Crippen LogP contribution in [0.3, 0.4) is 0 Å². The van der Waals surface area contributed by atoms with Crippen LogP contribution in [0.25, 0.3) is 0 Å². The second kappa shape index (κ2) is 7.22.